The van der Waals surface area contributed by atoms with Crippen LogP contribution in [0.1, 0.15) is 33.6 Å². The summed E-state index contributed by atoms with van der Waals surface area (Å²) >= 11 is 0. The number of carbonyl (C=O) groups excluding carboxylic acids is 1. The average Bonchev–Trinajstić information content (AvgIpc) is 3.20. The third-order valence-electron chi connectivity index (χ3n) is 5.21. The molecule has 9 heteroatoms. The summed E-state index contributed by atoms with van der Waals surface area (Å²) in [6.07, 6.45) is 7.73. The van der Waals surface area contributed by atoms with E-state index < -0.39 is 11.7 Å². The van der Waals surface area contributed by atoms with Crippen LogP contribution in [0.4, 0.5) is 9.18 Å². The van der Waals surface area contributed by atoms with Crippen molar-refractivity contribution in [2.24, 2.45) is 5.92 Å². The van der Waals surface area contributed by atoms with Crippen molar-refractivity contribution in [3.8, 4) is 22.7 Å². The zero-order chi connectivity index (χ0) is 22.7. The summed E-state index contributed by atoms with van der Waals surface area (Å²) in [5.41, 5.74) is 1.06. The highest BCUT2D eigenvalue weighted by Gasteiger charge is 2.34. The zero-order valence-corrected chi connectivity index (χ0v) is 18.3. The third-order valence-corrected chi connectivity index (χ3v) is 5.21. The van der Waals surface area contributed by atoms with Gasteiger partial charge in [-0.15, -0.1) is 0 Å². The molecule has 0 spiro atoms. The molecule has 8 nitrogen and oxygen atoms in total. The quantitative estimate of drug-likeness (QED) is 0.620. The number of para-hydroxylation sites is 1. The molecule has 1 aliphatic carbocycles. The van der Waals surface area contributed by atoms with Gasteiger partial charge in [0.25, 0.3) is 0 Å². The lowest BCUT2D eigenvalue weighted by atomic mass is 9.80. The standard InChI is InChI=1S/C23H26FN5O3/c1-23(2,3)32-22(30)28-18-9-8-15(18)13-31-20-11-25-14-26-21(20)16-10-27-29(12-16)19-7-5-4-6-17(19)24/h4-7,10-12,14-15,18H,8-9,13H2,1-3H3,(H,28,30)/t15-,18-/m1/s1. The van der Waals surface area contributed by atoms with Crippen LogP contribution in [0.3, 0.4) is 0 Å². The summed E-state index contributed by atoms with van der Waals surface area (Å²) in [6.45, 7) is 5.90. The molecule has 3 aromatic rings. The fourth-order valence-electron chi connectivity index (χ4n) is 3.47. The van der Waals surface area contributed by atoms with Crippen LogP contribution in [0.15, 0.2) is 49.2 Å². The van der Waals surface area contributed by atoms with Crippen molar-refractivity contribution < 1.29 is 18.7 Å². The minimum absolute atomic E-state index is 0.00161. The van der Waals surface area contributed by atoms with Gasteiger partial charge in [-0.3, -0.25) is 0 Å². The first-order valence-electron chi connectivity index (χ1n) is 10.5. The van der Waals surface area contributed by atoms with E-state index in [-0.39, 0.29) is 17.8 Å². The van der Waals surface area contributed by atoms with E-state index in [0.29, 0.717) is 29.3 Å². The number of ether oxygens (including phenoxy) is 2. The monoisotopic (exact) mass is 439 g/mol. The van der Waals surface area contributed by atoms with Crippen molar-refractivity contribution in [1.29, 1.82) is 0 Å². The fraction of sp³-hybridized carbons (Fsp3) is 0.391. The smallest absolute Gasteiger partial charge is 0.407 e. The summed E-state index contributed by atoms with van der Waals surface area (Å²) in [6, 6.07) is 6.42. The Labute approximate surface area is 185 Å². The predicted octanol–water partition coefficient (Wildman–Crippen LogP) is 4.15. The van der Waals surface area contributed by atoms with Crippen molar-refractivity contribution in [2.75, 3.05) is 6.61 Å². The first kappa shape index (κ1) is 21.7. The van der Waals surface area contributed by atoms with Crippen molar-refractivity contribution >= 4 is 6.09 Å². The van der Waals surface area contributed by atoms with E-state index in [0.717, 1.165) is 12.8 Å². The van der Waals surface area contributed by atoms with Gasteiger partial charge in [0.05, 0.1) is 19.0 Å². The number of rotatable bonds is 6. The molecule has 0 saturated heterocycles. The van der Waals surface area contributed by atoms with E-state index in [9.17, 15) is 9.18 Å². The second-order valence-corrected chi connectivity index (χ2v) is 8.76. The first-order valence-corrected chi connectivity index (χ1v) is 10.5. The fourth-order valence-corrected chi connectivity index (χ4v) is 3.47. The summed E-state index contributed by atoms with van der Waals surface area (Å²) in [7, 11) is 0. The normalized spacial score (nSPS) is 18.0. The molecular formula is C23H26FN5O3. The molecule has 1 amide bonds. The molecule has 2 heterocycles. The number of aromatic nitrogens is 4. The number of nitrogens with one attached hydrogen (secondary N) is 1. The van der Waals surface area contributed by atoms with Gasteiger partial charge in [-0.25, -0.2) is 23.8 Å². The maximum Gasteiger partial charge on any atom is 0.407 e. The Bertz CT molecular complexity index is 1090. The second kappa shape index (κ2) is 8.94. The molecular weight excluding hydrogens is 413 g/mol. The SMILES string of the molecule is CC(C)(C)OC(=O)N[C@@H]1CC[C@@H]1COc1cncnc1-c1cnn(-c2ccccc2F)c1. The Morgan fingerprint density at radius 3 is 2.78 bits per heavy atom. The lowest BCUT2D eigenvalue weighted by Gasteiger charge is -2.37. The second-order valence-electron chi connectivity index (χ2n) is 8.76. The summed E-state index contributed by atoms with van der Waals surface area (Å²) in [5, 5.41) is 7.17. The number of amides is 1. The Balaban J connectivity index is 1.42. The van der Waals surface area contributed by atoms with Gasteiger partial charge in [0, 0.05) is 23.7 Å². The summed E-state index contributed by atoms with van der Waals surface area (Å²) in [4.78, 5) is 20.4. The largest absolute Gasteiger partial charge is 0.489 e. The van der Waals surface area contributed by atoms with Crippen molar-refractivity contribution in [3.05, 3.63) is 55.0 Å². The lowest BCUT2D eigenvalue weighted by Crippen LogP contribution is -2.50. The molecule has 0 aliphatic heterocycles. The van der Waals surface area contributed by atoms with E-state index in [2.05, 4.69) is 20.4 Å². The Hall–Kier alpha value is -3.49. The Kier molecular flexibility index (Phi) is 6.07. The highest BCUT2D eigenvalue weighted by Crippen LogP contribution is 2.32. The van der Waals surface area contributed by atoms with Crippen molar-refractivity contribution in [2.45, 2.75) is 45.3 Å². The number of halogens is 1. The molecule has 2 aromatic heterocycles. The number of hydrogen-bond donors (Lipinski definition) is 1. The van der Waals surface area contributed by atoms with E-state index in [1.165, 1.54) is 17.1 Å². The number of nitrogens with zero attached hydrogens (tertiary/aromatic N) is 4. The molecule has 0 bridgehead atoms. The topological polar surface area (TPSA) is 91.2 Å². The predicted molar refractivity (Wildman–Crippen MR) is 116 cm³/mol. The molecule has 1 aliphatic rings. The number of benzene rings is 1. The summed E-state index contributed by atoms with van der Waals surface area (Å²) in [5.74, 6) is 0.301. The van der Waals surface area contributed by atoms with Gasteiger partial charge in [-0.2, -0.15) is 5.10 Å². The molecule has 32 heavy (non-hydrogen) atoms. The maximum absolute atomic E-state index is 14.1. The molecule has 168 valence electrons. The van der Waals surface area contributed by atoms with E-state index in [1.807, 2.05) is 20.8 Å². The van der Waals surface area contributed by atoms with E-state index in [4.69, 9.17) is 9.47 Å². The van der Waals surface area contributed by atoms with Gasteiger partial charge in [0.1, 0.15) is 29.1 Å². The van der Waals surface area contributed by atoms with Crippen LogP contribution in [-0.2, 0) is 4.74 Å². The highest BCUT2D eigenvalue weighted by atomic mass is 19.1. The van der Waals surface area contributed by atoms with Crippen LogP contribution in [0.5, 0.6) is 5.75 Å². The maximum atomic E-state index is 14.1. The first-order chi connectivity index (χ1) is 15.3. The van der Waals surface area contributed by atoms with Gasteiger partial charge in [-0.05, 0) is 45.7 Å². The van der Waals surface area contributed by atoms with Crippen LogP contribution < -0.4 is 10.1 Å². The molecule has 1 fully saturated rings. The van der Waals surface area contributed by atoms with Gasteiger partial charge in [0.2, 0.25) is 0 Å². The molecule has 1 N–H and O–H groups in total. The van der Waals surface area contributed by atoms with Gasteiger partial charge in [-0.1, -0.05) is 12.1 Å². The van der Waals surface area contributed by atoms with Crippen LogP contribution in [0.25, 0.3) is 16.9 Å². The third kappa shape index (κ3) is 5.04. The minimum Gasteiger partial charge on any atom is -0.489 e. The highest BCUT2D eigenvalue weighted by molar-refractivity contribution is 5.68. The summed E-state index contributed by atoms with van der Waals surface area (Å²) < 4.78 is 26.9. The van der Waals surface area contributed by atoms with Crippen LogP contribution in [0, 0.1) is 11.7 Å². The van der Waals surface area contributed by atoms with Gasteiger partial charge in [0.15, 0.2) is 5.75 Å². The van der Waals surface area contributed by atoms with Crippen molar-refractivity contribution in [1.82, 2.24) is 25.1 Å². The van der Waals surface area contributed by atoms with Gasteiger partial charge < -0.3 is 14.8 Å². The molecule has 2 atom stereocenters. The Morgan fingerprint density at radius 2 is 2.06 bits per heavy atom. The molecule has 1 saturated carbocycles. The zero-order valence-electron chi connectivity index (χ0n) is 18.3. The number of hydrogen-bond acceptors (Lipinski definition) is 6. The van der Waals surface area contributed by atoms with E-state index in [1.54, 1.807) is 36.8 Å². The molecule has 4 rings (SSSR count). The van der Waals surface area contributed by atoms with Crippen LogP contribution in [0.2, 0.25) is 0 Å². The number of carbonyl (C=O) groups is 1. The van der Waals surface area contributed by atoms with E-state index >= 15 is 0 Å². The van der Waals surface area contributed by atoms with Gasteiger partial charge >= 0.3 is 6.09 Å². The Morgan fingerprint density at radius 1 is 1.25 bits per heavy atom. The molecule has 0 unspecified atom stereocenters. The minimum atomic E-state index is -0.538. The van der Waals surface area contributed by atoms with Crippen molar-refractivity contribution in [3.63, 3.8) is 0 Å². The average molecular weight is 439 g/mol. The lowest BCUT2D eigenvalue weighted by molar-refractivity contribution is 0.0401. The van der Waals surface area contributed by atoms with Crippen LogP contribution in [-0.4, -0.2) is 44.1 Å². The molecule has 0 radical (unpaired) electrons. The molecule has 1 aromatic carbocycles. The number of alkyl carbamates (subject to hydrolysis) is 1. The van der Waals surface area contributed by atoms with Crippen LogP contribution >= 0.6 is 0 Å².